The molecule has 0 aliphatic rings. The molecule has 2 aromatic rings. The summed E-state index contributed by atoms with van der Waals surface area (Å²) < 4.78 is 4.97. The first kappa shape index (κ1) is 19.1. The number of para-hydroxylation sites is 1. The van der Waals surface area contributed by atoms with E-state index in [0.29, 0.717) is 6.42 Å². The zero-order valence-corrected chi connectivity index (χ0v) is 16.1. The number of carbonyl (C=O) groups is 1. The first-order valence-electron chi connectivity index (χ1n) is 8.45. The van der Waals surface area contributed by atoms with Gasteiger partial charge < -0.3 is 9.64 Å². The van der Waals surface area contributed by atoms with Crippen molar-refractivity contribution in [1.29, 1.82) is 0 Å². The summed E-state index contributed by atoms with van der Waals surface area (Å²) in [5, 5.41) is 0. The van der Waals surface area contributed by atoms with Crippen LogP contribution in [-0.2, 0) is 16.0 Å². The molecule has 2 rings (SSSR count). The highest BCUT2D eigenvalue weighted by Crippen LogP contribution is 2.28. The summed E-state index contributed by atoms with van der Waals surface area (Å²) in [4.78, 5) is 14.9. The van der Waals surface area contributed by atoms with E-state index in [1.165, 1.54) is 12.7 Å². The average molecular weight is 356 g/mol. The highest BCUT2D eigenvalue weighted by atomic mass is 32.1. The molecule has 0 bridgehead atoms. The predicted molar refractivity (Wildman–Crippen MR) is 107 cm³/mol. The molecule has 0 aliphatic heterocycles. The molecule has 0 N–H and O–H groups in total. The van der Waals surface area contributed by atoms with E-state index in [2.05, 4.69) is 12.1 Å². The van der Waals surface area contributed by atoms with E-state index in [1.54, 1.807) is 0 Å². The zero-order valence-electron chi connectivity index (χ0n) is 15.3. The highest BCUT2D eigenvalue weighted by molar-refractivity contribution is 7.80. The largest absolute Gasteiger partial charge is 0.467 e. The highest BCUT2D eigenvalue weighted by Gasteiger charge is 2.27. The second-order valence-electron chi connectivity index (χ2n) is 6.19. The van der Waals surface area contributed by atoms with Crippen LogP contribution in [0.4, 0.5) is 5.69 Å². The Balaban J connectivity index is 2.31. The van der Waals surface area contributed by atoms with Crippen LogP contribution in [0.25, 0.3) is 0 Å². The molecule has 1 atom stereocenters. The van der Waals surface area contributed by atoms with Gasteiger partial charge in [0.25, 0.3) is 0 Å². The van der Waals surface area contributed by atoms with Crippen molar-refractivity contribution in [3.63, 3.8) is 0 Å². The van der Waals surface area contributed by atoms with Crippen molar-refractivity contribution in [2.75, 3.05) is 12.0 Å². The molecule has 0 radical (unpaired) electrons. The fourth-order valence-corrected chi connectivity index (χ4v) is 3.36. The van der Waals surface area contributed by atoms with Crippen molar-refractivity contribution >= 4 is 28.9 Å². The second-order valence-corrected chi connectivity index (χ2v) is 6.66. The quantitative estimate of drug-likeness (QED) is 0.558. The van der Waals surface area contributed by atoms with Crippen molar-refractivity contribution in [1.82, 2.24) is 0 Å². The number of ether oxygens (including phenoxy) is 1. The molecule has 1 unspecified atom stereocenters. The number of methoxy groups -OCH3 is 1. The van der Waals surface area contributed by atoms with Gasteiger partial charge in [-0.3, -0.25) is 0 Å². The summed E-state index contributed by atoms with van der Waals surface area (Å²) in [7, 11) is 1.41. The molecule has 2 aromatic carbocycles. The number of aryl methyl sites for hydroxylation is 3. The molecule has 0 amide bonds. The SMILES string of the molecule is COC(=O)C(C)N(C(=S)CCc1ccccc1)c1c(C)cccc1C. The van der Waals surface area contributed by atoms with Gasteiger partial charge in [-0.05, 0) is 43.9 Å². The molecule has 3 nitrogen and oxygen atoms in total. The van der Waals surface area contributed by atoms with Crippen molar-refractivity contribution in [2.24, 2.45) is 0 Å². The summed E-state index contributed by atoms with van der Waals surface area (Å²) in [6.07, 6.45) is 1.55. The molecule has 0 spiro atoms. The van der Waals surface area contributed by atoms with Crippen LogP contribution >= 0.6 is 12.2 Å². The minimum Gasteiger partial charge on any atom is -0.467 e. The fourth-order valence-electron chi connectivity index (χ4n) is 3.01. The lowest BCUT2D eigenvalue weighted by molar-refractivity contribution is -0.141. The van der Waals surface area contributed by atoms with E-state index < -0.39 is 6.04 Å². The summed E-state index contributed by atoms with van der Waals surface area (Å²) >= 11 is 5.74. The van der Waals surface area contributed by atoms with Gasteiger partial charge in [0.1, 0.15) is 6.04 Å². The van der Waals surface area contributed by atoms with E-state index in [9.17, 15) is 4.79 Å². The maximum Gasteiger partial charge on any atom is 0.328 e. The number of hydrogen-bond acceptors (Lipinski definition) is 3. The van der Waals surface area contributed by atoms with Crippen LogP contribution in [0.1, 0.15) is 30.0 Å². The Morgan fingerprint density at radius 2 is 1.68 bits per heavy atom. The molecule has 0 aliphatic carbocycles. The molecule has 0 heterocycles. The van der Waals surface area contributed by atoms with E-state index in [4.69, 9.17) is 17.0 Å². The Labute approximate surface area is 155 Å². The van der Waals surface area contributed by atoms with E-state index >= 15 is 0 Å². The van der Waals surface area contributed by atoms with E-state index in [-0.39, 0.29) is 5.97 Å². The Morgan fingerprint density at radius 3 is 2.24 bits per heavy atom. The lowest BCUT2D eigenvalue weighted by atomic mass is 10.0. The Hall–Kier alpha value is -2.20. The Bertz CT molecular complexity index is 723. The van der Waals surface area contributed by atoms with Crippen molar-refractivity contribution in [3.8, 4) is 0 Å². The van der Waals surface area contributed by atoms with E-state index in [1.807, 2.05) is 62.1 Å². The number of esters is 1. The fraction of sp³-hybridized carbons (Fsp3) is 0.333. The van der Waals surface area contributed by atoms with Crippen LogP contribution in [0, 0.1) is 13.8 Å². The van der Waals surface area contributed by atoms with Crippen LogP contribution < -0.4 is 4.90 Å². The zero-order chi connectivity index (χ0) is 18.4. The third-order valence-corrected chi connectivity index (χ3v) is 4.75. The van der Waals surface area contributed by atoms with Gasteiger partial charge in [0.2, 0.25) is 0 Å². The molecular weight excluding hydrogens is 330 g/mol. The maximum absolute atomic E-state index is 12.2. The first-order valence-corrected chi connectivity index (χ1v) is 8.86. The number of carbonyl (C=O) groups excluding carboxylic acids is 1. The van der Waals surface area contributed by atoms with Gasteiger partial charge in [-0.2, -0.15) is 0 Å². The molecule has 0 saturated carbocycles. The minimum absolute atomic E-state index is 0.287. The first-order chi connectivity index (χ1) is 12.0. The second kappa shape index (κ2) is 8.77. The summed E-state index contributed by atoms with van der Waals surface area (Å²) in [5.41, 5.74) is 4.42. The monoisotopic (exact) mass is 355 g/mol. The van der Waals surface area contributed by atoms with Crippen molar-refractivity contribution < 1.29 is 9.53 Å². The third-order valence-electron chi connectivity index (χ3n) is 4.35. The maximum atomic E-state index is 12.2. The number of thiocarbonyl (C=S) groups is 1. The summed E-state index contributed by atoms with van der Waals surface area (Å²) in [6, 6.07) is 15.9. The predicted octanol–water partition coefficient (Wildman–Crippen LogP) is 4.63. The van der Waals surface area contributed by atoms with Crippen molar-refractivity contribution in [3.05, 3.63) is 65.2 Å². The van der Waals surface area contributed by atoms with Crippen LogP contribution in [0.15, 0.2) is 48.5 Å². The Morgan fingerprint density at radius 1 is 1.08 bits per heavy atom. The number of rotatable bonds is 6. The number of hydrogen-bond donors (Lipinski definition) is 0. The van der Waals surface area contributed by atoms with Crippen LogP contribution in [0.2, 0.25) is 0 Å². The van der Waals surface area contributed by atoms with Gasteiger partial charge in [-0.25, -0.2) is 4.79 Å². The van der Waals surface area contributed by atoms with Gasteiger partial charge >= 0.3 is 5.97 Å². The molecule has 0 aromatic heterocycles. The Kier molecular flexibility index (Phi) is 6.71. The van der Waals surface area contributed by atoms with Gasteiger partial charge in [-0.1, -0.05) is 60.7 Å². The van der Waals surface area contributed by atoms with Crippen LogP contribution in [0.5, 0.6) is 0 Å². The number of benzene rings is 2. The van der Waals surface area contributed by atoms with Crippen molar-refractivity contribution in [2.45, 2.75) is 39.7 Å². The molecule has 132 valence electrons. The molecular formula is C21H25NO2S. The topological polar surface area (TPSA) is 29.5 Å². The minimum atomic E-state index is -0.465. The molecule has 25 heavy (non-hydrogen) atoms. The normalized spacial score (nSPS) is 11.7. The standard InChI is InChI=1S/C21H25NO2S/c1-15-9-8-10-16(2)20(15)22(17(3)21(23)24-4)19(25)14-13-18-11-6-5-7-12-18/h5-12,17H,13-14H2,1-4H3. The summed E-state index contributed by atoms with van der Waals surface area (Å²) in [6.45, 7) is 5.92. The van der Waals surface area contributed by atoms with E-state index in [0.717, 1.165) is 28.2 Å². The molecule has 0 saturated heterocycles. The van der Waals surface area contributed by atoms with Gasteiger partial charge in [0, 0.05) is 12.1 Å². The third kappa shape index (κ3) is 4.67. The van der Waals surface area contributed by atoms with Crippen LogP contribution in [-0.4, -0.2) is 24.1 Å². The molecule has 4 heteroatoms. The molecule has 0 fully saturated rings. The number of nitrogens with zero attached hydrogens (tertiary/aromatic N) is 1. The van der Waals surface area contributed by atoms with Gasteiger partial charge in [0.15, 0.2) is 0 Å². The van der Waals surface area contributed by atoms with Crippen LogP contribution in [0.3, 0.4) is 0 Å². The van der Waals surface area contributed by atoms with Gasteiger partial charge in [0.05, 0.1) is 12.1 Å². The lowest BCUT2D eigenvalue weighted by Gasteiger charge is -2.32. The number of anilines is 1. The lowest BCUT2D eigenvalue weighted by Crippen LogP contribution is -2.44. The smallest absolute Gasteiger partial charge is 0.328 e. The summed E-state index contributed by atoms with van der Waals surface area (Å²) in [5.74, 6) is -0.287. The average Bonchev–Trinajstić information content (AvgIpc) is 2.62. The van der Waals surface area contributed by atoms with Gasteiger partial charge in [-0.15, -0.1) is 0 Å².